The number of nitrogens with zero attached hydrogens (tertiary/aromatic N) is 1. The fourth-order valence-corrected chi connectivity index (χ4v) is 3.30. The van der Waals surface area contributed by atoms with Crippen molar-refractivity contribution in [2.75, 3.05) is 18.4 Å². The van der Waals surface area contributed by atoms with Crippen LogP contribution in [0, 0.1) is 0 Å². The number of hydrogen-bond acceptors (Lipinski definition) is 2. The van der Waals surface area contributed by atoms with E-state index in [-0.39, 0.29) is 17.3 Å². The van der Waals surface area contributed by atoms with Crippen molar-refractivity contribution in [3.8, 4) is 0 Å². The highest BCUT2D eigenvalue weighted by atomic mass is 79.9. The highest BCUT2D eigenvalue weighted by molar-refractivity contribution is 9.11. The van der Waals surface area contributed by atoms with E-state index in [1.165, 1.54) is 6.07 Å². The van der Waals surface area contributed by atoms with Gasteiger partial charge in [-0.1, -0.05) is 15.9 Å². The third-order valence-corrected chi connectivity index (χ3v) is 3.99. The zero-order valence-electron chi connectivity index (χ0n) is 9.95. The SMILES string of the molecule is O=C(O)c1cc(Br)cc(Br)c1NC(=O)N1CCCC1. The minimum Gasteiger partial charge on any atom is -0.478 e. The van der Waals surface area contributed by atoms with Crippen LogP contribution in [0.15, 0.2) is 21.1 Å². The Morgan fingerprint density at radius 3 is 2.42 bits per heavy atom. The van der Waals surface area contributed by atoms with E-state index >= 15 is 0 Å². The molecular formula is C12H12Br2N2O3. The second-order valence-electron chi connectivity index (χ2n) is 4.24. The molecule has 1 aliphatic rings. The molecule has 1 aromatic carbocycles. The molecule has 102 valence electrons. The van der Waals surface area contributed by atoms with Crippen LogP contribution in [0.2, 0.25) is 0 Å². The van der Waals surface area contributed by atoms with Crippen molar-refractivity contribution in [1.82, 2.24) is 4.90 Å². The summed E-state index contributed by atoms with van der Waals surface area (Å²) in [5, 5.41) is 11.9. The van der Waals surface area contributed by atoms with Crippen molar-refractivity contribution in [1.29, 1.82) is 0 Å². The van der Waals surface area contributed by atoms with E-state index in [4.69, 9.17) is 0 Å². The number of halogens is 2. The molecule has 0 aromatic heterocycles. The van der Waals surface area contributed by atoms with Gasteiger partial charge in [0, 0.05) is 22.0 Å². The summed E-state index contributed by atoms with van der Waals surface area (Å²) >= 11 is 6.51. The molecule has 1 fully saturated rings. The summed E-state index contributed by atoms with van der Waals surface area (Å²) in [6.07, 6.45) is 1.97. The van der Waals surface area contributed by atoms with E-state index in [2.05, 4.69) is 37.2 Å². The fourth-order valence-electron chi connectivity index (χ4n) is 1.98. The lowest BCUT2D eigenvalue weighted by molar-refractivity contribution is 0.0698. The van der Waals surface area contributed by atoms with E-state index in [1.54, 1.807) is 11.0 Å². The number of nitrogens with one attached hydrogen (secondary N) is 1. The Morgan fingerprint density at radius 2 is 1.84 bits per heavy atom. The van der Waals surface area contributed by atoms with Gasteiger partial charge in [0.05, 0.1) is 11.3 Å². The first-order chi connectivity index (χ1) is 8.99. The molecule has 0 radical (unpaired) electrons. The maximum Gasteiger partial charge on any atom is 0.337 e. The number of carbonyl (C=O) groups excluding carboxylic acids is 1. The molecule has 1 aliphatic heterocycles. The van der Waals surface area contributed by atoms with Gasteiger partial charge in [-0.15, -0.1) is 0 Å². The second-order valence-corrected chi connectivity index (χ2v) is 6.01. The van der Waals surface area contributed by atoms with Crippen molar-refractivity contribution in [2.24, 2.45) is 0 Å². The third kappa shape index (κ3) is 3.27. The lowest BCUT2D eigenvalue weighted by atomic mass is 10.2. The fraction of sp³-hybridized carbons (Fsp3) is 0.333. The number of carbonyl (C=O) groups is 2. The summed E-state index contributed by atoms with van der Waals surface area (Å²) in [7, 11) is 0. The molecule has 0 unspecified atom stereocenters. The monoisotopic (exact) mass is 390 g/mol. The van der Waals surface area contributed by atoms with Gasteiger partial charge < -0.3 is 15.3 Å². The number of rotatable bonds is 2. The van der Waals surface area contributed by atoms with Crippen LogP contribution >= 0.6 is 31.9 Å². The maximum absolute atomic E-state index is 12.0. The van der Waals surface area contributed by atoms with Gasteiger partial charge in [-0.3, -0.25) is 0 Å². The van der Waals surface area contributed by atoms with Gasteiger partial charge in [-0.25, -0.2) is 9.59 Å². The Balaban J connectivity index is 2.28. The highest BCUT2D eigenvalue weighted by Gasteiger charge is 2.22. The average Bonchev–Trinajstić information content (AvgIpc) is 2.85. The molecule has 1 heterocycles. The Morgan fingerprint density at radius 1 is 1.21 bits per heavy atom. The number of urea groups is 1. The molecule has 0 atom stereocenters. The molecule has 7 heteroatoms. The number of likely N-dealkylation sites (tertiary alicyclic amines) is 1. The lowest BCUT2D eigenvalue weighted by Gasteiger charge is -2.18. The van der Waals surface area contributed by atoms with E-state index in [1.807, 2.05) is 0 Å². The number of hydrogen-bond donors (Lipinski definition) is 2. The Bertz CT molecular complexity index is 528. The minimum atomic E-state index is -1.08. The Labute approximate surface area is 127 Å². The Kier molecular flexibility index (Phi) is 4.46. The number of carboxylic acid groups (broad SMARTS) is 1. The standard InChI is InChI=1S/C12H12Br2N2O3/c13-7-5-8(11(17)18)10(9(14)6-7)15-12(19)16-3-1-2-4-16/h5-6H,1-4H2,(H,15,19)(H,17,18). The van der Waals surface area contributed by atoms with Crippen molar-refractivity contribution in [2.45, 2.75) is 12.8 Å². The van der Waals surface area contributed by atoms with Crippen LogP contribution in [0.5, 0.6) is 0 Å². The molecular weight excluding hydrogens is 380 g/mol. The van der Waals surface area contributed by atoms with Crippen LogP contribution < -0.4 is 5.32 Å². The predicted octanol–water partition coefficient (Wildman–Crippen LogP) is 3.54. The zero-order valence-corrected chi connectivity index (χ0v) is 13.1. The van der Waals surface area contributed by atoms with Crippen LogP contribution in [0.25, 0.3) is 0 Å². The lowest BCUT2D eigenvalue weighted by Crippen LogP contribution is -2.32. The van der Waals surface area contributed by atoms with Gasteiger partial charge in [-0.2, -0.15) is 0 Å². The summed E-state index contributed by atoms with van der Waals surface area (Å²) in [6, 6.07) is 2.90. The van der Waals surface area contributed by atoms with Gasteiger partial charge in [0.15, 0.2) is 0 Å². The highest BCUT2D eigenvalue weighted by Crippen LogP contribution is 2.31. The normalized spacial score (nSPS) is 14.5. The first-order valence-corrected chi connectivity index (χ1v) is 7.36. The Hall–Kier alpha value is -1.08. The molecule has 2 rings (SSSR count). The zero-order chi connectivity index (χ0) is 14.0. The van der Waals surface area contributed by atoms with Crippen LogP contribution in [0.3, 0.4) is 0 Å². The first kappa shape index (κ1) is 14.3. The van der Waals surface area contributed by atoms with Gasteiger partial charge in [0.2, 0.25) is 0 Å². The molecule has 0 aliphatic carbocycles. The van der Waals surface area contributed by atoms with Crippen molar-refractivity contribution >= 4 is 49.5 Å². The molecule has 2 amide bonds. The second kappa shape index (κ2) is 5.92. The summed E-state index contributed by atoms with van der Waals surface area (Å²) in [4.78, 5) is 24.9. The number of amides is 2. The average molecular weight is 392 g/mol. The summed E-state index contributed by atoms with van der Waals surface area (Å²) in [6.45, 7) is 1.42. The van der Waals surface area contributed by atoms with Crippen molar-refractivity contribution < 1.29 is 14.7 Å². The van der Waals surface area contributed by atoms with Gasteiger partial charge in [0.25, 0.3) is 0 Å². The van der Waals surface area contributed by atoms with Crippen LogP contribution in [-0.4, -0.2) is 35.1 Å². The summed E-state index contributed by atoms with van der Waals surface area (Å²) in [5.74, 6) is -1.08. The molecule has 5 nitrogen and oxygen atoms in total. The van der Waals surface area contributed by atoms with E-state index < -0.39 is 5.97 Å². The van der Waals surface area contributed by atoms with Gasteiger partial charge in [-0.05, 0) is 40.9 Å². The van der Waals surface area contributed by atoms with Crippen LogP contribution in [0.1, 0.15) is 23.2 Å². The van der Waals surface area contributed by atoms with Crippen molar-refractivity contribution in [3.63, 3.8) is 0 Å². The quantitative estimate of drug-likeness (QED) is 0.809. The van der Waals surface area contributed by atoms with Gasteiger partial charge in [0.1, 0.15) is 0 Å². The largest absolute Gasteiger partial charge is 0.478 e. The maximum atomic E-state index is 12.0. The van der Waals surface area contributed by atoms with Crippen molar-refractivity contribution in [3.05, 3.63) is 26.6 Å². The third-order valence-electron chi connectivity index (χ3n) is 2.91. The van der Waals surface area contributed by atoms with Gasteiger partial charge >= 0.3 is 12.0 Å². The summed E-state index contributed by atoms with van der Waals surface area (Å²) in [5.41, 5.74) is 0.335. The smallest absolute Gasteiger partial charge is 0.337 e. The molecule has 19 heavy (non-hydrogen) atoms. The van der Waals surface area contributed by atoms with E-state index in [0.717, 1.165) is 12.8 Å². The number of aromatic carboxylic acids is 1. The molecule has 0 saturated carbocycles. The number of anilines is 1. The molecule has 1 saturated heterocycles. The topological polar surface area (TPSA) is 69.6 Å². The molecule has 0 bridgehead atoms. The molecule has 2 N–H and O–H groups in total. The molecule has 1 aromatic rings. The number of benzene rings is 1. The number of carboxylic acids is 1. The van der Waals surface area contributed by atoms with Crippen LogP contribution in [0.4, 0.5) is 10.5 Å². The first-order valence-electron chi connectivity index (χ1n) is 5.77. The predicted molar refractivity (Wildman–Crippen MR) is 78.6 cm³/mol. The minimum absolute atomic E-state index is 0.0498. The van der Waals surface area contributed by atoms with E-state index in [9.17, 15) is 14.7 Å². The van der Waals surface area contributed by atoms with Crippen LogP contribution in [-0.2, 0) is 0 Å². The molecule has 0 spiro atoms. The summed E-state index contributed by atoms with van der Waals surface area (Å²) < 4.78 is 1.17. The van der Waals surface area contributed by atoms with E-state index in [0.29, 0.717) is 22.0 Å².